The number of fused-ring (bicyclic) bond motifs is 1. The Hall–Kier alpha value is -2.37. The predicted molar refractivity (Wildman–Crippen MR) is 123 cm³/mol. The fourth-order valence-corrected chi connectivity index (χ4v) is 5.98. The fraction of sp³-hybridized carbons (Fsp3) is 0.636. The van der Waals surface area contributed by atoms with Crippen molar-refractivity contribution in [2.24, 2.45) is 5.92 Å². The van der Waals surface area contributed by atoms with Crippen LogP contribution in [0.5, 0.6) is 11.5 Å². The first-order valence-corrected chi connectivity index (χ1v) is 12.9. The van der Waals surface area contributed by atoms with Gasteiger partial charge in [0, 0.05) is 38.4 Å². The summed E-state index contributed by atoms with van der Waals surface area (Å²) in [6.07, 6.45) is 2.16. The quantitative estimate of drug-likeness (QED) is 0.614. The molecule has 11 heteroatoms. The molecule has 2 atom stereocenters. The number of nitrogens with zero attached hydrogens (tertiary/aromatic N) is 2. The number of hydrogen-bond donors (Lipinski definition) is 2. The minimum atomic E-state index is -3.75. The van der Waals surface area contributed by atoms with E-state index in [0.29, 0.717) is 36.3 Å². The smallest absolute Gasteiger partial charge is 0.239 e. The fourth-order valence-electron chi connectivity index (χ4n) is 4.44. The molecule has 10 nitrogen and oxygen atoms in total. The molecule has 3 heterocycles. The van der Waals surface area contributed by atoms with Crippen molar-refractivity contribution in [1.29, 1.82) is 0 Å². The van der Waals surface area contributed by atoms with E-state index >= 15 is 0 Å². The van der Waals surface area contributed by atoms with Crippen LogP contribution in [0.2, 0.25) is 0 Å². The molecule has 0 aromatic heterocycles. The highest BCUT2D eigenvalue weighted by atomic mass is 32.2. The third kappa shape index (κ3) is 5.42. The van der Waals surface area contributed by atoms with Gasteiger partial charge in [-0.25, -0.2) is 8.42 Å². The van der Waals surface area contributed by atoms with Crippen LogP contribution in [0, 0.1) is 5.92 Å². The molecule has 0 radical (unpaired) electrons. The van der Waals surface area contributed by atoms with Crippen LogP contribution >= 0.6 is 0 Å². The van der Waals surface area contributed by atoms with Crippen LogP contribution in [-0.4, -0.2) is 87.2 Å². The van der Waals surface area contributed by atoms with Gasteiger partial charge in [-0.15, -0.1) is 0 Å². The van der Waals surface area contributed by atoms with Crippen molar-refractivity contribution in [3.05, 3.63) is 18.2 Å². The first-order valence-electron chi connectivity index (χ1n) is 11.4. The Kier molecular flexibility index (Phi) is 7.10. The van der Waals surface area contributed by atoms with E-state index in [4.69, 9.17) is 9.47 Å². The Labute approximate surface area is 194 Å². The SMILES string of the molecule is CC1CCN(C(=O)C2CC(S(=O)(=O)N(C)CC(=O)Nc3ccc4c(c3)OCCO4)CN2)CC1. The number of hydrogen-bond acceptors (Lipinski definition) is 7. The lowest BCUT2D eigenvalue weighted by Gasteiger charge is -2.32. The van der Waals surface area contributed by atoms with E-state index in [1.54, 1.807) is 18.2 Å². The molecule has 33 heavy (non-hydrogen) atoms. The number of rotatable bonds is 6. The van der Waals surface area contributed by atoms with Gasteiger partial charge in [-0.1, -0.05) is 6.92 Å². The number of carbonyl (C=O) groups excluding carboxylic acids is 2. The molecule has 0 bridgehead atoms. The monoisotopic (exact) mass is 480 g/mol. The highest BCUT2D eigenvalue weighted by Gasteiger charge is 2.41. The van der Waals surface area contributed by atoms with Crippen molar-refractivity contribution in [3.8, 4) is 11.5 Å². The van der Waals surface area contributed by atoms with E-state index in [-0.39, 0.29) is 25.4 Å². The number of carbonyl (C=O) groups is 2. The Bertz CT molecular complexity index is 993. The zero-order valence-electron chi connectivity index (χ0n) is 19.1. The number of benzene rings is 1. The second-order valence-corrected chi connectivity index (χ2v) is 11.4. The number of sulfonamides is 1. The van der Waals surface area contributed by atoms with Crippen LogP contribution in [0.4, 0.5) is 5.69 Å². The molecule has 3 aliphatic heterocycles. The molecular formula is C22H32N4O6S. The third-order valence-electron chi connectivity index (χ3n) is 6.53. The minimum absolute atomic E-state index is 0.0291. The Morgan fingerprint density at radius 1 is 1.18 bits per heavy atom. The Morgan fingerprint density at radius 2 is 1.88 bits per heavy atom. The van der Waals surface area contributed by atoms with Crippen LogP contribution < -0.4 is 20.1 Å². The number of amides is 2. The zero-order chi connectivity index (χ0) is 23.6. The molecule has 2 N–H and O–H groups in total. The second kappa shape index (κ2) is 9.86. The minimum Gasteiger partial charge on any atom is -0.486 e. The first-order chi connectivity index (χ1) is 15.7. The Morgan fingerprint density at radius 3 is 2.61 bits per heavy atom. The van der Waals surface area contributed by atoms with Gasteiger partial charge in [-0.05, 0) is 37.3 Å². The number of likely N-dealkylation sites (tertiary alicyclic amines) is 1. The van der Waals surface area contributed by atoms with Crippen molar-refractivity contribution in [1.82, 2.24) is 14.5 Å². The maximum Gasteiger partial charge on any atom is 0.239 e. The highest BCUT2D eigenvalue weighted by molar-refractivity contribution is 7.89. The van der Waals surface area contributed by atoms with Gasteiger partial charge in [-0.3, -0.25) is 9.59 Å². The van der Waals surface area contributed by atoms with Gasteiger partial charge in [0.15, 0.2) is 11.5 Å². The van der Waals surface area contributed by atoms with Crippen LogP contribution in [-0.2, 0) is 19.6 Å². The summed E-state index contributed by atoms with van der Waals surface area (Å²) in [5.41, 5.74) is 0.499. The topological polar surface area (TPSA) is 117 Å². The number of likely N-dealkylation sites (N-methyl/N-ethyl adjacent to an activating group) is 1. The molecule has 3 aliphatic rings. The maximum atomic E-state index is 13.0. The average Bonchev–Trinajstić information content (AvgIpc) is 3.30. The van der Waals surface area contributed by atoms with E-state index in [2.05, 4.69) is 17.6 Å². The normalized spacial score (nSPS) is 23.5. The highest BCUT2D eigenvalue weighted by Crippen LogP contribution is 2.32. The summed E-state index contributed by atoms with van der Waals surface area (Å²) in [5, 5.41) is 5.03. The van der Waals surface area contributed by atoms with Crippen LogP contribution in [0.15, 0.2) is 18.2 Å². The van der Waals surface area contributed by atoms with E-state index < -0.39 is 27.2 Å². The summed E-state index contributed by atoms with van der Waals surface area (Å²) in [7, 11) is -2.36. The molecule has 1 aromatic carbocycles. The van der Waals surface area contributed by atoms with Crippen molar-refractivity contribution in [2.75, 3.05) is 51.8 Å². The number of ether oxygens (including phenoxy) is 2. The number of nitrogens with one attached hydrogen (secondary N) is 2. The van der Waals surface area contributed by atoms with Gasteiger partial charge in [0.05, 0.1) is 17.8 Å². The lowest BCUT2D eigenvalue weighted by atomic mass is 9.98. The Balaban J connectivity index is 1.31. The summed E-state index contributed by atoms with van der Waals surface area (Å²) >= 11 is 0. The molecule has 0 spiro atoms. The van der Waals surface area contributed by atoms with Gasteiger partial charge >= 0.3 is 0 Å². The molecule has 0 saturated carbocycles. The van der Waals surface area contributed by atoms with Gasteiger partial charge in [0.1, 0.15) is 13.2 Å². The van der Waals surface area contributed by atoms with Gasteiger partial charge in [0.25, 0.3) is 0 Å². The van der Waals surface area contributed by atoms with E-state index in [9.17, 15) is 18.0 Å². The van der Waals surface area contributed by atoms with E-state index in [1.165, 1.54) is 7.05 Å². The summed E-state index contributed by atoms with van der Waals surface area (Å²) in [4.78, 5) is 27.1. The molecule has 2 saturated heterocycles. The van der Waals surface area contributed by atoms with Gasteiger partial charge in [0.2, 0.25) is 21.8 Å². The molecule has 182 valence electrons. The van der Waals surface area contributed by atoms with Crippen LogP contribution in [0.1, 0.15) is 26.2 Å². The molecule has 4 rings (SSSR count). The van der Waals surface area contributed by atoms with Crippen molar-refractivity contribution in [2.45, 2.75) is 37.5 Å². The van der Waals surface area contributed by atoms with E-state index in [0.717, 1.165) is 30.2 Å². The summed E-state index contributed by atoms with van der Waals surface area (Å²) in [6.45, 7) is 4.39. The van der Waals surface area contributed by atoms with Crippen molar-refractivity contribution < 1.29 is 27.5 Å². The molecule has 1 aromatic rings. The lowest BCUT2D eigenvalue weighted by Crippen LogP contribution is -2.46. The standard InChI is InChI=1S/C22H32N4O6S/c1-15-5-7-26(8-6-15)22(28)18-12-17(13-23-18)33(29,30)25(2)14-21(27)24-16-3-4-19-20(11-16)32-10-9-31-19/h3-4,11,15,17-18,23H,5-10,12-14H2,1-2H3,(H,24,27). The molecule has 2 amide bonds. The first kappa shape index (κ1) is 23.8. The number of piperidine rings is 1. The molecular weight excluding hydrogens is 448 g/mol. The molecule has 2 fully saturated rings. The summed E-state index contributed by atoms with van der Waals surface area (Å²) in [6, 6.07) is 4.53. The zero-order valence-corrected chi connectivity index (χ0v) is 19.9. The third-order valence-corrected chi connectivity index (χ3v) is 8.73. The van der Waals surface area contributed by atoms with Gasteiger partial charge < -0.3 is 25.0 Å². The molecule has 2 unspecified atom stereocenters. The largest absolute Gasteiger partial charge is 0.486 e. The van der Waals surface area contributed by atoms with Crippen molar-refractivity contribution in [3.63, 3.8) is 0 Å². The lowest BCUT2D eigenvalue weighted by molar-refractivity contribution is -0.134. The maximum absolute atomic E-state index is 13.0. The summed E-state index contributed by atoms with van der Waals surface area (Å²) in [5.74, 6) is 1.27. The number of anilines is 1. The van der Waals surface area contributed by atoms with Crippen molar-refractivity contribution >= 4 is 27.5 Å². The van der Waals surface area contributed by atoms with Crippen LogP contribution in [0.3, 0.4) is 0 Å². The van der Waals surface area contributed by atoms with E-state index in [1.807, 2.05) is 4.90 Å². The second-order valence-electron chi connectivity index (χ2n) is 9.03. The molecule has 0 aliphatic carbocycles. The summed E-state index contributed by atoms with van der Waals surface area (Å²) < 4.78 is 38.1. The average molecular weight is 481 g/mol. The van der Waals surface area contributed by atoms with Crippen LogP contribution in [0.25, 0.3) is 0 Å². The predicted octanol–water partition coefficient (Wildman–Crippen LogP) is 0.647. The van der Waals surface area contributed by atoms with Gasteiger partial charge in [-0.2, -0.15) is 4.31 Å².